The third-order valence-corrected chi connectivity index (χ3v) is 3.59. The second-order valence-corrected chi connectivity index (χ2v) is 5.48. The topological polar surface area (TPSA) is 98.4 Å². The van der Waals surface area contributed by atoms with Crippen LogP contribution in [0.15, 0.2) is 47.5 Å². The highest BCUT2D eigenvalue weighted by Gasteiger charge is 2.06. The van der Waals surface area contributed by atoms with E-state index in [9.17, 15) is 0 Å². The fraction of sp³-hybridized carbons (Fsp3) is 0.167. The van der Waals surface area contributed by atoms with Crippen molar-refractivity contribution in [3.63, 3.8) is 0 Å². The molecule has 0 aliphatic rings. The number of aromatic amines is 1. The molecule has 0 atom stereocenters. The minimum atomic E-state index is 0.251. The number of nitrogen functional groups attached to an aromatic ring is 1. The molecule has 0 radical (unpaired) electrons. The zero-order valence-corrected chi connectivity index (χ0v) is 14.1. The minimum Gasteiger partial charge on any atom is -0.493 e. The number of rotatable bonds is 6. The average Bonchev–Trinajstić information content (AvgIpc) is 3.04. The Morgan fingerprint density at radius 3 is 2.60 bits per heavy atom. The highest BCUT2D eigenvalue weighted by atomic mass is 16.5. The van der Waals surface area contributed by atoms with Crippen molar-refractivity contribution in [3.8, 4) is 11.5 Å². The van der Waals surface area contributed by atoms with Gasteiger partial charge in [0.1, 0.15) is 6.61 Å². The quantitative estimate of drug-likeness (QED) is 0.674. The molecule has 2 aromatic carbocycles. The first-order valence-corrected chi connectivity index (χ1v) is 7.72. The highest BCUT2D eigenvalue weighted by Crippen LogP contribution is 2.28. The van der Waals surface area contributed by atoms with E-state index in [4.69, 9.17) is 15.2 Å². The van der Waals surface area contributed by atoms with Gasteiger partial charge in [0.15, 0.2) is 17.3 Å². The summed E-state index contributed by atoms with van der Waals surface area (Å²) >= 11 is 0. The lowest BCUT2D eigenvalue weighted by molar-refractivity contribution is 0.284. The van der Waals surface area contributed by atoms with E-state index in [0.717, 1.165) is 11.1 Å². The van der Waals surface area contributed by atoms with Gasteiger partial charge in [-0.3, -0.25) is 0 Å². The maximum Gasteiger partial charge on any atom is 0.218 e. The number of nitrogens with zero attached hydrogens (tertiary/aromatic N) is 3. The van der Waals surface area contributed by atoms with E-state index in [1.54, 1.807) is 13.3 Å². The molecule has 0 unspecified atom stereocenters. The molecule has 0 aliphatic carbocycles. The van der Waals surface area contributed by atoms with Crippen molar-refractivity contribution < 1.29 is 9.47 Å². The summed E-state index contributed by atoms with van der Waals surface area (Å²) in [5.41, 5.74) is 8.78. The van der Waals surface area contributed by atoms with Crippen LogP contribution in [0.2, 0.25) is 0 Å². The number of aliphatic imine (C=N–C) groups is 1. The number of aryl methyl sites for hydroxylation is 1. The van der Waals surface area contributed by atoms with E-state index in [1.165, 1.54) is 5.56 Å². The third-order valence-electron chi connectivity index (χ3n) is 3.59. The fourth-order valence-corrected chi connectivity index (χ4v) is 2.19. The predicted octanol–water partition coefficient (Wildman–Crippen LogP) is 3.03. The second-order valence-electron chi connectivity index (χ2n) is 5.48. The summed E-state index contributed by atoms with van der Waals surface area (Å²) in [7, 11) is 1.60. The molecule has 0 spiro atoms. The molecule has 3 rings (SSSR count). The third kappa shape index (κ3) is 4.14. The van der Waals surface area contributed by atoms with Gasteiger partial charge in [0.2, 0.25) is 5.82 Å². The molecule has 7 nitrogen and oxygen atoms in total. The number of anilines is 1. The van der Waals surface area contributed by atoms with Crippen LogP contribution in [-0.2, 0) is 6.61 Å². The Labute approximate surface area is 145 Å². The van der Waals surface area contributed by atoms with Gasteiger partial charge >= 0.3 is 0 Å². The summed E-state index contributed by atoms with van der Waals surface area (Å²) in [5.74, 6) is 1.89. The van der Waals surface area contributed by atoms with Crippen LogP contribution in [0.5, 0.6) is 11.5 Å². The number of methoxy groups -OCH3 is 1. The van der Waals surface area contributed by atoms with Crippen LogP contribution < -0.4 is 15.2 Å². The number of aromatic nitrogens is 3. The summed E-state index contributed by atoms with van der Waals surface area (Å²) in [6, 6.07) is 13.8. The molecule has 0 fully saturated rings. The largest absolute Gasteiger partial charge is 0.493 e. The van der Waals surface area contributed by atoms with Crippen LogP contribution >= 0.6 is 0 Å². The zero-order valence-electron chi connectivity index (χ0n) is 14.1. The molecule has 1 aromatic heterocycles. The summed E-state index contributed by atoms with van der Waals surface area (Å²) in [6.07, 6.45) is 1.64. The Morgan fingerprint density at radius 2 is 1.92 bits per heavy atom. The van der Waals surface area contributed by atoms with Crippen LogP contribution in [0, 0.1) is 6.92 Å². The van der Waals surface area contributed by atoms with Gasteiger partial charge in [0.05, 0.1) is 7.11 Å². The van der Waals surface area contributed by atoms with Crippen molar-refractivity contribution in [1.82, 2.24) is 15.4 Å². The smallest absolute Gasteiger partial charge is 0.218 e. The summed E-state index contributed by atoms with van der Waals surface area (Å²) < 4.78 is 11.3. The Hall–Kier alpha value is -3.35. The van der Waals surface area contributed by atoms with Crippen molar-refractivity contribution in [2.24, 2.45) is 4.99 Å². The lowest BCUT2D eigenvalue weighted by Crippen LogP contribution is -1.98. The van der Waals surface area contributed by atoms with Gasteiger partial charge in [-0.1, -0.05) is 29.8 Å². The molecule has 7 heteroatoms. The molecular weight excluding hydrogens is 318 g/mol. The lowest BCUT2D eigenvalue weighted by atomic mass is 10.2. The SMILES string of the molecule is COc1cc(C=Nc2n[nH]nc2N)ccc1OCc1ccc(C)cc1. The van der Waals surface area contributed by atoms with Crippen LogP contribution in [0.1, 0.15) is 16.7 Å². The molecule has 0 aliphatic heterocycles. The molecule has 25 heavy (non-hydrogen) atoms. The maximum atomic E-state index is 5.86. The van der Waals surface area contributed by atoms with E-state index < -0.39 is 0 Å². The van der Waals surface area contributed by atoms with Gasteiger partial charge < -0.3 is 15.2 Å². The van der Waals surface area contributed by atoms with Gasteiger partial charge in [0.25, 0.3) is 0 Å². The van der Waals surface area contributed by atoms with Gasteiger partial charge in [-0.25, -0.2) is 4.99 Å². The maximum absolute atomic E-state index is 5.86. The first kappa shape index (κ1) is 16.5. The summed E-state index contributed by atoms with van der Waals surface area (Å²) in [4.78, 5) is 4.19. The van der Waals surface area contributed by atoms with Crippen molar-refractivity contribution in [2.45, 2.75) is 13.5 Å². The number of nitrogens with two attached hydrogens (primary N) is 1. The average molecular weight is 337 g/mol. The number of hydrogen-bond acceptors (Lipinski definition) is 6. The zero-order chi connectivity index (χ0) is 17.6. The number of ether oxygens (including phenoxy) is 2. The molecule has 128 valence electrons. The molecule has 3 aromatic rings. The Bertz CT molecular complexity index is 871. The van der Waals surface area contributed by atoms with Crippen molar-refractivity contribution in [2.75, 3.05) is 12.8 Å². The van der Waals surface area contributed by atoms with Gasteiger partial charge in [0, 0.05) is 6.21 Å². The van der Waals surface area contributed by atoms with Crippen LogP contribution in [0.25, 0.3) is 0 Å². The van der Waals surface area contributed by atoms with E-state index in [1.807, 2.05) is 30.3 Å². The van der Waals surface area contributed by atoms with E-state index in [-0.39, 0.29) is 5.82 Å². The number of H-pyrrole nitrogens is 1. The predicted molar refractivity (Wildman–Crippen MR) is 96.6 cm³/mol. The van der Waals surface area contributed by atoms with E-state index in [0.29, 0.717) is 23.9 Å². The highest BCUT2D eigenvalue weighted by molar-refractivity contribution is 5.83. The molecule has 0 bridgehead atoms. The molecule has 0 saturated heterocycles. The lowest BCUT2D eigenvalue weighted by Gasteiger charge is -2.11. The van der Waals surface area contributed by atoms with Crippen molar-refractivity contribution in [1.29, 1.82) is 0 Å². The number of benzene rings is 2. The van der Waals surface area contributed by atoms with Crippen molar-refractivity contribution in [3.05, 3.63) is 59.2 Å². The monoisotopic (exact) mass is 337 g/mol. The van der Waals surface area contributed by atoms with Gasteiger partial charge in [-0.15, -0.1) is 10.2 Å². The minimum absolute atomic E-state index is 0.251. The molecule has 0 saturated carbocycles. The Balaban J connectivity index is 1.72. The normalized spacial score (nSPS) is 11.0. The number of nitrogens with one attached hydrogen (secondary N) is 1. The Kier molecular flexibility index (Phi) is 4.94. The van der Waals surface area contributed by atoms with Gasteiger partial charge in [-0.05, 0) is 36.2 Å². The number of hydrogen-bond donors (Lipinski definition) is 2. The molecular formula is C18H19N5O2. The second kappa shape index (κ2) is 7.48. The van der Waals surface area contributed by atoms with Crippen LogP contribution in [-0.4, -0.2) is 28.7 Å². The standard InChI is InChI=1S/C18H19N5O2/c1-12-3-5-13(6-4-12)11-25-15-8-7-14(9-16(15)24-2)10-20-18-17(19)21-23-22-18/h3-10H,11H2,1-2H3,(H3,19,21,22,23). The molecule has 3 N–H and O–H groups in total. The van der Waals surface area contributed by atoms with Gasteiger partial charge in [-0.2, -0.15) is 5.21 Å². The summed E-state index contributed by atoms with van der Waals surface area (Å²) in [6.45, 7) is 2.53. The first-order valence-electron chi connectivity index (χ1n) is 7.72. The summed E-state index contributed by atoms with van der Waals surface area (Å²) in [5, 5.41) is 9.98. The van der Waals surface area contributed by atoms with Crippen LogP contribution in [0.3, 0.4) is 0 Å². The van der Waals surface area contributed by atoms with Crippen molar-refractivity contribution >= 4 is 17.9 Å². The molecule has 1 heterocycles. The van der Waals surface area contributed by atoms with E-state index in [2.05, 4.69) is 39.5 Å². The van der Waals surface area contributed by atoms with E-state index >= 15 is 0 Å². The first-order chi connectivity index (χ1) is 12.2. The molecule has 0 amide bonds. The fourth-order valence-electron chi connectivity index (χ4n) is 2.19. The Morgan fingerprint density at radius 1 is 1.12 bits per heavy atom. The van der Waals surface area contributed by atoms with Crippen LogP contribution in [0.4, 0.5) is 11.6 Å².